The van der Waals surface area contributed by atoms with Crippen LogP contribution in [0.15, 0.2) is 18.2 Å². The molecular weight excluding hydrogens is 270 g/mol. The van der Waals surface area contributed by atoms with E-state index in [0.717, 1.165) is 16.9 Å². The summed E-state index contributed by atoms with van der Waals surface area (Å²) in [6.45, 7) is 6.07. The zero-order valence-corrected chi connectivity index (χ0v) is 12.8. The van der Waals surface area contributed by atoms with E-state index >= 15 is 0 Å². The van der Waals surface area contributed by atoms with Gasteiger partial charge in [0.15, 0.2) is 0 Å². The number of nitrogens with one attached hydrogen (secondary N) is 1. The number of carboxylic acid groups (broad SMARTS) is 1. The lowest BCUT2D eigenvalue weighted by atomic mass is 10.1. The first-order valence-electron chi connectivity index (χ1n) is 7.15. The van der Waals surface area contributed by atoms with Crippen molar-refractivity contribution in [2.75, 3.05) is 6.61 Å². The molecule has 2 N–H and O–H groups in total. The molecule has 0 aromatic heterocycles. The molecule has 0 saturated heterocycles. The number of hydrogen-bond acceptors (Lipinski definition) is 3. The van der Waals surface area contributed by atoms with Gasteiger partial charge < -0.3 is 15.2 Å². The molecule has 116 valence electrons. The first-order valence-corrected chi connectivity index (χ1v) is 7.15. The second kappa shape index (κ2) is 8.29. The van der Waals surface area contributed by atoms with E-state index in [-0.39, 0.29) is 18.9 Å². The number of amides is 1. The van der Waals surface area contributed by atoms with E-state index in [2.05, 4.69) is 5.32 Å². The summed E-state index contributed by atoms with van der Waals surface area (Å²) in [4.78, 5) is 22.7. The van der Waals surface area contributed by atoms with E-state index in [9.17, 15) is 9.59 Å². The minimum atomic E-state index is -1.000. The molecule has 5 nitrogen and oxygen atoms in total. The SMILES string of the molecule is CCC[C@H](NC(=O)CCOc1cc(C)cc(C)c1)C(=O)O. The van der Waals surface area contributed by atoms with Crippen molar-refractivity contribution < 1.29 is 19.4 Å². The van der Waals surface area contributed by atoms with Crippen LogP contribution in [0.2, 0.25) is 0 Å². The average molecular weight is 293 g/mol. The predicted molar refractivity (Wildman–Crippen MR) is 80.5 cm³/mol. The number of carbonyl (C=O) groups excluding carboxylic acids is 1. The maximum absolute atomic E-state index is 11.7. The molecule has 0 saturated carbocycles. The molecule has 0 fully saturated rings. The Hall–Kier alpha value is -2.04. The van der Waals surface area contributed by atoms with Crippen molar-refractivity contribution in [3.05, 3.63) is 29.3 Å². The predicted octanol–water partition coefficient (Wildman–Crippen LogP) is 2.44. The molecule has 21 heavy (non-hydrogen) atoms. The Kier molecular flexibility index (Phi) is 6.72. The zero-order valence-electron chi connectivity index (χ0n) is 12.8. The molecular formula is C16H23NO4. The molecule has 1 aromatic rings. The topological polar surface area (TPSA) is 75.6 Å². The van der Waals surface area contributed by atoms with E-state index < -0.39 is 12.0 Å². The van der Waals surface area contributed by atoms with E-state index in [1.165, 1.54) is 0 Å². The van der Waals surface area contributed by atoms with Crippen LogP contribution < -0.4 is 10.1 Å². The Labute approximate surface area is 125 Å². The number of aryl methyl sites for hydroxylation is 2. The van der Waals surface area contributed by atoms with Crippen molar-refractivity contribution in [3.8, 4) is 5.75 Å². The van der Waals surface area contributed by atoms with Gasteiger partial charge in [-0.1, -0.05) is 19.4 Å². The van der Waals surface area contributed by atoms with Crippen molar-refractivity contribution >= 4 is 11.9 Å². The number of carboxylic acids is 1. The van der Waals surface area contributed by atoms with Crippen LogP contribution in [0.1, 0.15) is 37.3 Å². The van der Waals surface area contributed by atoms with Gasteiger partial charge in [0.25, 0.3) is 0 Å². The molecule has 1 rings (SSSR count). The molecule has 1 amide bonds. The van der Waals surface area contributed by atoms with Crippen LogP contribution >= 0.6 is 0 Å². The van der Waals surface area contributed by atoms with E-state index in [0.29, 0.717) is 12.8 Å². The number of benzene rings is 1. The lowest BCUT2D eigenvalue weighted by Crippen LogP contribution is -2.41. The molecule has 0 radical (unpaired) electrons. The molecule has 0 unspecified atom stereocenters. The van der Waals surface area contributed by atoms with Crippen LogP contribution in [0.4, 0.5) is 0 Å². The third-order valence-corrected chi connectivity index (χ3v) is 3.00. The maximum Gasteiger partial charge on any atom is 0.326 e. The quantitative estimate of drug-likeness (QED) is 0.772. The van der Waals surface area contributed by atoms with Crippen molar-refractivity contribution in [1.29, 1.82) is 0 Å². The van der Waals surface area contributed by atoms with E-state index in [1.54, 1.807) is 0 Å². The second-order valence-electron chi connectivity index (χ2n) is 5.17. The number of carbonyl (C=O) groups is 2. The number of rotatable bonds is 8. The van der Waals surface area contributed by atoms with Crippen molar-refractivity contribution in [2.24, 2.45) is 0 Å². The lowest BCUT2D eigenvalue weighted by molar-refractivity contribution is -0.142. The van der Waals surface area contributed by atoms with Gasteiger partial charge in [-0.15, -0.1) is 0 Å². The van der Waals surface area contributed by atoms with Crippen LogP contribution in [0.3, 0.4) is 0 Å². The Morgan fingerprint density at radius 2 is 1.86 bits per heavy atom. The largest absolute Gasteiger partial charge is 0.493 e. The number of aliphatic carboxylic acids is 1. The van der Waals surface area contributed by atoms with Gasteiger partial charge in [0.2, 0.25) is 5.91 Å². The van der Waals surface area contributed by atoms with E-state index in [1.807, 2.05) is 39.0 Å². The summed E-state index contributed by atoms with van der Waals surface area (Å²) in [5, 5.41) is 11.5. The summed E-state index contributed by atoms with van der Waals surface area (Å²) >= 11 is 0. The van der Waals surface area contributed by atoms with Gasteiger partial charge in [0.05, 0.1) is 13.0 Å². The summed E-state index contributed by atoms with van der Waals surface area (Å²) in [6.07, 6.45) is 1.27. The lowest BCUT2D eigenvalue weighted by Gasteiger charge is -2.14. The molecule has 5 heteroatoms. The van der Waals surface area contributed by atoms with Gasteiger partial charge in [-0.2, -0.15) is 0 Å². The van der Waals surface area contributed by atoms with Crippen molar-refractivity contribution in [3.63, 3.8) is 0 Å². The molecule has 1 atom stereocenters. The summed E-state index contributed by atoms with van der Waals surface area (Å²) in [6, 6.07) is 5.04. The summed E-state index contributed by atoms with van der Waals surface area (Å²) in [5.41, 5.74) is 2.20. The summed E-state index contributed by atoms with van der Waals surface area (Å²) < 4.78 is 5.53. The molecule has 0 spiro atoms. The van der Waals surface area contributed by atoms with Gasteiger partial charge >= 0.3 is 5.97 Å². The first-order chi connectivity index (χ1) is 9.92. The van der Waals surface area contributed by atoms with Crippen LogP contribution in [0, 0.1) is 13.8 Å². The molecule has 0 bridgehead atoms. The highest BCUT2D eigenvalue weighted by atomic mass is 16.5. The van der Waals surface area contributed by atoms with E-state index in [4.69, 9.17) is 9.84 Å². The molecule has 0 aliphatic rings. The Morgan fingerprint density at radius 1 is 1.24 bits per heavy atom. The molecule has 0 aliphatic heterocycles. The van der Waals surface area contributed by atoms with Gasteiger partial charge in [-0.25, -0.2) is 4.79 Å². The highest BCUT2D eigenvalue weighted by Gasteiger charge is 2.18. The number of hydrogen-bond donors (Lipinski definition) is 2. The van der Waals surface area contributed by atoms with Crippen LogP contribution in [-0.2, 0) is 9.59 Å². The van der Waals surface area contributed by atoms with Crippen LogP contribution in [0.25, 0.3) is 0 Å². The third kappa shape index (κ3) is 6.29. The monoisotopic (exact) mass is 293 g/mol. The average Bonchev–Trinajstić information content (AvgIpc) is 2.36. The minimum Gasteiger partial charge on any atom is -0.493 e. The van der Waals surface area contributed by atoms with Gasteiger partial charge in [0.1, 0.15) is 11.8 Å². The Bertz CT molecular complexity index is 479. The highest BCUT2D eigenvalue weighted by molar-refractivity contribution is 5.83. The molecule has 0 heterocycles. The summed E-state index contributed by atoms with van der Waals surface area (Å²) in [7, 11) is 0. The zero-order chi connectivity index (χ0) is 15.8. The molecule has 1 aromatic carbocycles. The van der Waals surface area contributed by atoms with Gasteiger partial charge in [-0.05, 0) is 43.5 Å². The van der Waals surface area contributed by atoms with Gasteiger partial charge in [0, 0.05) is 0 Å². The molecule has 0 aliphatic carbocycles. The fourth-order valence-electron chi connectivity index (χ4n) is 2.09. The maximum atomic E-state index is 11.7. The Morgan fingerprint density at radius 3 is 2.38 bits per heavy atom. The fraction of sp³-hybridized carbons (Fsp3) is 0.500. The minimum absolute atomic E-state index is 0.139. The highest BCUT2D eigenvalue weighted by Crippen LogP contribution is 2.16. The fourth-order valence-corrected chi connectivity index (χ4v) is 2.09. The standard InChI is InChI=1S/C16H23NO4/c1-4-5-14(16(19)20)17-15(18)6-7-21-13-9-11(2)8-12(3)10-13/h8-10,14H,4-7H2,1-3H3,(H,17,18)(H,19,20)/t14-/m0/s1. The van der Waals surface area contributed by atoms with Crippen LogP contribution in [-0.4, -0.2) is 29.6 Å². The van der Waals surface area contributed by atoms with Crippen molar-refractivity contribution in [2.45, 2.75) is 46.1 Å². The van der Waals surface area contributed by atoms with Gasteiger partial charge in [-0.3, -0.25) is 4.79 Å². The second-order valence-corrected chi connectivity index (χ2v) is 5.17. The number of ether oxygens (including phenoxy) is 1. The third-order valence-electron chi connectivity index (χ3n) is 3.00. The van der Waals surface area contributed by atoms with Crippen LogP contribution in [0.5, 0.6) is 5.75 Å². The smallest absolute Gasteiger partial charge is 0.326 e. The summed E-state index contributed by atoms with van der Waals surface area (Å²) in [5.74, 6) is -0.579. The normalized spacial score (nSPS) is 11.8. The Balaban J connectivity index is 2.40. The first kappa shape index (κ1) is 17.0. The van der Waals surface area contributed by atoms with Crippen molar-refractivity contribution in [1.82, 2.24) is 5.32 Å².